The Balaban J connectivity index is 2.15. The maximum atomic E-state index is 12.0. The van der Waals surface area contributed by atoms with Gasteiger partial charge in [-0.05, 0) is 23.1 Å². The molecule has 1 aromatic heterocycles. The van der Waals surface area contributed by atoms with E-state index in [1.807, 2.05) is 0 Å². The molecule has 0 aliphatic carbocycles. The molecule has 0 atom stereocenters. The van der Waals surface area contributed by atoms with E-state index >= 15 is 0 Å². The molecule has 7 nitrogen and oxygen atoms in total. The molecule has 0 saturated heterocycles. The average Bonchev–Trinajstić information content (AvgIpc) is 2.87. The summed E-state index contributed by atoms with van der Waals surface area (Å²) in [4.78, 5) is 21.9. The van der Waals surface area contributed by atoms with Gasteiger partial charge in [0.25, 0.3) is 0 Å². The summed E-state index contributed by atoms with van der Waals surface area (Å²) in [6.07, 6.45) is 1.38. The third-order valence-electron chi connectivity index (χ3n) is 2.59. The van der Waals surface area contributed by atoms with Gasteiger partial charge in [0.05, 0.1) is 29.5 Å². The van der Waals surface area contributed by atoms with Crippen molar-refractivity contribution in [3.05, 3.63) is 51.2 Å². The molecule has 0 unspecified atom stereocenters. The van der Waals surface area contributed by atoms with Gasteiger partial charge in [-0.15, -0.1) is 0 Å². The van der Waals surface area contributed by atoms with Crippen LogP contribution < -0.4 is 4.74 Å². The molecule has 0 aliphatic heterocycles. The van der Waals surface area contributed by atoms with Gasteiger partial charge in [-0.1, -0.05) is 11.6 Å². The summed E-state index contributed by atoms with van der Waals surface area (Å²) in [5.74, 6) is -0.0870. The van der Waals surface area contributed by atoms with Crippen LogP contribution in [0, 0.1) is 10.1 Å². The van der Waals surface area contributed by atoms with Crippen molar-refractivity contribution in [2.24, 2.45) is 0 Å². The van der Waals surface area contributed by atoms with Crippen molar-refractivity contribution in [2.75, 3.05) is 7.11 Å². The fourth-order valence-electron chi connectivity index (χ4n) is 1.61. The third kappa shape index (κ3) is 2.94. The zero-order valence-electron chi connectivity index (χ0n) is 10.4. The molecule has 20 heavy (non-hydrogen) atoms. The lowest BCUT2D eigenvalue weighted by atomic mass is 10.1. The van der Waals surface area contributed by atoms with Crippen LogP contribution >= 0.6 is 11.6 Å². The van der Waals surface area contributed by atoms with E-state index in [0.717, 1.165) is 0 Å². The maximum Gasteiger partial charge on any atom is 0.389 e. The molecule has 0 radical (unpaired) electrons. The molecule has 0 spiro atoms. The Morgan fingerprint density at radius 1 is 1.50 bits per heavy atom. The first kappa shape index (κ1) is 14.0. The molecule has 0 N–H and O–H groups in total. The molecule has 104 valence electrons. The molecule has 0 amide bonds. The van der Waals surface area contributed by atoms with Crippen LogP contribution in [0.5, 0.6) is 5.75 Å². The first-order valence-corrected chi connectivity index (χ1v) is 5.93. The normalized spacial score (nSPS) is 10.3. The van der Waals surface area contributed by atoms with E-state index in [2.05, 4.69) is 5.10 Å². The molecule has 2 aromatic rings. The molecule has 0 bridgehead atoms. The van der Waals surface area contributed by atoms with E-state index < -0.39 is 4.92 Å². The van der Waals surface area contributed by atoms with Crippen LogP contribution in [-0.4, -0.2) is 27.6 Å². The molecule has 2 rings (SSSR count). The predicted molar refractivity (Wildman–Crippen MR) is 71.2 cm³/mol. The van der Waals surface area contributed by atoms with Crippen molar-refractivity contribution >= 4 is 23.2 Å². The molecule has 0 saturated carbocycles. The van der Waals surface area contributed by atoms with Crippen LogP contribution in [0.1, 0.15) is 10.4 Å². The first-order chi connectivity index (χ1) is 9.51. The van der Waals surface area contributed by atoms with Gasteiger partial charge in [-0.2, -0.15) is 4.68 Å². The lowest BCUT2D eigenvalue weighted by Gasteiger charge is -2.04. The van der Waals surface area contributed by atoms with Crippen molar-refractivity contribution in [1.29, 1.82) is 0 Å². The highest BCUT2D eigenvalue weighted by Gasteiger charge is 2.15. The Kier molecular flexibility index (Phi) is 3.99. The first-order valence-electron chi connectivity index (χ1n) is 5.56. The van der Waals surface area contributed by atoms with Gasteiger partial charge in [0.1, 0.15) is 12.3 Å². The number of carbonyl (C=O) groups is 1. The largest absolute Gasteiger partial charge is 0.495 e. The highest BCUT2D eigenvalue weighted by atomic mass is 35.5. The van der Waals surface area contributed by atoms with Crippen molar-refractivity contribution in [2.45, 2.75) is 6.54 Å². The number of halogens is 1. The smallest absolute Gasteiger partial charge is 0.389 e. The third-order valence-corrected chi connectivity index (χ3v) is 2.89. The van der Waals surface area contributed by atoms with Crippen molar-refractivity contribution in [3.63, 3.8) is 0 Å². The second kappa shape index (κ2) is 5.70. The highest BCUT2D eigenvalue weighted by Crippen LogP contribution is 2.25. The molecular weight excluding hydrogens is 286 g/mol. The van der Waals surface area contributed by atoms with E-state index in [-0.39, 0.29) is 18.1 Å². The van der Waals surface area contributed by atoms with Gasteiger partial charge in [-0.25, -0.2) is 0 Å². The van der Waals surface area contributed by atoms with Crippen LogP contribution in [0.3, 0.4) is 0 Å². The maximum absolute atomic E-state index is 12.0. The van der Waals surface area contributed by atoms with Gasteiger partial charge in [-0.3, -0.25) is 4.79 Å². The lowest BCUT2D eigenvalue weighted by molar-refractivity contribution is -0.389. The molecule has 0 fully saturated rings. The van der Waals surface area contributed by atoms with E-state index in [9.17, 15) is 14.9 Å². The highest BCUT2D eigenvalue weighted by molar-refractivity contribution is 6.32. The topological polar surface area (TPSA) is 87.3 Å². The minimum Gasteiger partial charge on any atom is -0.495 e. The number of Topliss-reactive ketones (excluding diaryl/α,β-unsaturated/α-hetero) is 1. The summed E-state index contributed by atoms with van der Waals surface area (Å²) < 4.78 is 6.20. The summed E-state index contributed by atoms with van der Waals surface area (Å²) in [5, 5.41) is 14.5. The van der Waals surface area contributed by atoms with Crippen LogP contribution in [0.25, 0.3) is 0 Å². The number of benzene rings is 1. The second-order valence-corrected chi connectivity index (χ2v) is 4.31. The predicted octanol–water partition coefficient (Wildman–Crippen LogP) is 2.34. The summed E-state index contributed by atoms with van der Waals surface area (Å²) in [6.45, 7) is -0.101. The van der Waals surface area contributed by atoms with Crippen LogP contribution in [0.2, 0.25) is 5.02 Å². The van der Waals surface area contributed by atoms with E-state index in [1.165, 1.54) is 30.1 Å². The number of carbonyl (C=O) groups excluding carboxylic acids is 1. The van der Waals surface area contributed by atoms with E-state index in [0.29, 0.717) is 16.3 Å². The molecule has 0 aliphatic rings. The Morgan fingerprint density at radius 2 is 2.25 bits per heavy atom. The summed E-state index contributed by atoms with van der Waals surface area (Å²) in [6, 6.07) is 5.88. The number of nitro groups is 1. The quantitative estimate of drug-likeness (QED) is 0.480. The second-order valence-electron chi connectivity index (χ2n) is 3.90. The molecule has 1 aromatic carbocycles. The van der Waals surface area contributed by atoms with Crippen LogP contribution in [-0.2, 0) is 6.54 Å². The number of methoxy groups -OCH3 is 1. The van der Waals surface area contributed by atoms with Gasteiger partial charge >= 0.3 is 5.82 Å². The molecular formula is C12H10ClN3O4. The Morgan fingerprint density at radius 3 is 2.80 bits per heavy atom. The van der Waals surface area contributed by atoms with Gasteiger partial charge in [0.15, 0.2) is 5.78 Å². The number of aromatic nitrogens is 2. The zero-order valence-corrected chi connectivity index (χ0v) is 11.2. The molecule has 8 heteroatoms. The summed E-state index contributed by atoms with van der Waals surface area (Å²) >= 11 is 5.93. The van der Waals surface area contributed by atoms with Crippen LogP contribution in [0.15, 0.2) is 30.5 Å². The monoisotopic (exact) mass is 295 g/mol. The number of ether oxygens (including phenoxy) is 1. The zero-order chi connectivity index (χ0) is 14.7. The van der Waals surface area contributed by atoms with E-state index in [4.69, 9.17) is 16.3 Å². The van der Waals surface area contributed by atoms with Crippen molar-refractivity contribution in [3.8, 4) is 5.75 Å². The number of ketones is 1. The van der Waals surface area contributed by atoms with Crippen LogP contribution in [0.4, 0.5) is 5.82 Å². The SMILES string of the molecule is COc1ccc(C(=O)Cn2ccc([N+](=O)[O-])n2)cc1Cl. The Labute approximate surface area is 118 Å². The number of hydrogen-bond donors (Lipinski definition) is 0. The lowest BCUT2D eigenvalue weighted by Crippen LogP contribution is -2.11. The van der Waals surface area contributed by atoms with Gasteiger partial charge in [0.2, 0.25) is 0 Å². The number of rotatable bonds is 5. The fraction of sp³-hybridized carbons (Fsp3) is 0.167. The Bertz CT molecular complexity index is 668. The Hall–Kier alpha value is -2.41. The summed E-state index contributed by atoms with van der Waals surface area (Å²) in [5.41, 5.74) is 0.383. The minimum atomic E-state index is -0.620. The molecule has 1 heterocycles. The van der Waals surface area contributed by atoms with Crippen molar-refractivity contribution < 1.29 is 14.5 Å². The van der Waals surface area contributed by atoms with E-state index in [1.54, 1.807) is 12.1 Å². The number of hydrogen-bond acceptors (Lipinski definition) is 5. The number of nitrogens with zero attached hydrogens (tertiary/aromatic N) is 3. The minimum absolute atomic E-state index is 0.101. The van der Waals surface area contributed by atoms with Gasteiger partial charge < -0.3 is 14.9 Å². The standard InChI is InChI=1S/C12H10ClN3O4/c1-20-11-3-2-8(6-9(11)13)10(17)7-15-5-4-12(14-15)16(18)19/h2-6H,7H2,1H3. The average molecular weight is 296 g/mol. The van der Waals surface area contributed by atoms with Crippen molar-refractivity contribution in [1.82, 2.24) is 9.78 Å². The fourth-order valence-corrected chi connectivity index (χ4v) is 1.87. The van der Waals surface area contributed by atoms with Gasteiger partial charge in [0, 0.05) is 5.56 Å². The summed E-state index contributed by atoms with van der Waals surface area (Å²) in [7, 11) is 1.48.